The minimum atomic E-state index is -4.67. The monoisotopic (exact) mass is 253 g/mol. The molecule has 0 aliphatic heterocycles. The SMILES string of the molecule is N.O=P(O)(O)O.O=S(=O)(O)O.[H-].[K+]. The topological polar surface area (TPSA) is 187 Å². The van der Waals surface area contributed by atoms with Gasteiger partial charge >= 0.3 is 69.6 Å². The summed E-state index contributed by atoms with van der Waals surface area (Å²) in [5, 5.41) is 0. The Kier molecular flexibility index (Phi) is 17.8. The molecule has 0 aromatic rings. The second kappa shape index (κ2) is 9.14. The van der Waals surface area contributed by atoms with E-state index in [0.29, 0.717) is 0 Å². The van der Waals surface area contributed by atoms with E-state index in [4.69, 9.17) is 36.8 Å². The van der Waals surface area contributed by atoms with Crippen molar-refractivity contribution in [2.75, 3.05) is 0 Å². The Morgan fingerprint density at radius 1 is 1.08 bits per heavy atom. The van der Waals surface area contributed by atoms with Crippen molar-refractivity contribution in [3.63, 3.8) is 0 Å². The summed E-state index contributed by atoms with van der Waals surface area (Å²) < 4.78 is 40.5. The first kappa shape index (κ1) is 23.4. The van der Waals surface area contributed by atoms with Crippen LogP contribution in [0.3, 0.4) is 0 Å². The quantitative estimate of drug-likeness (QED) is 0.141. The minimum absolute atomic E-state index is 0. The maximum absolute atomic E-state index is 8.88. The summed E-state index contributed by atoms with van der Waals surface area (Å²) >= 11 is 0. The fraction of sp³-hybridized carbons (Fsp3) is 0. The van der Waals surface area contributed by atoms with Crippen LogP contribution in [0.15, 0.2) is 0 Å². The van der Waals surface area contributed by atoms with E-state index in [1.54, 1.807) is 0 Å². The third-order valence-corrected chi connectivity index (χ3v) is 0. The Labute approximate surface area is 112 Å². The van der Waals surface area contributed by atoms with Crippen LogP contribution in [0, 0.1) is 0 Å². The molecular weight excluding hydrogens is 244 g/mol. The maximum Gasteiger partial charge on any atom is 1.00 e. The molecule has 0 fully saturated rings. The van der Waals surface area contributed by atoms with Gasteiger partial charge in [0.05, 0.1) is 0 Å². The van der Waals surface area contributed by atoms with Crippen molar-refractivity contribution in [2.45, 2.75) is 0 Å². The van der Waals surface area contributed by atoms with Crippen molar-refractivity contribution in [3.05, 3.63) is 0 Å². The molecule has 0 rings (SSSR count). The van der Waals surface area contributed by atoms with Gasteiger partial charge in [-0.2, -0.15) is 8.42 Å². The van der Waals surface area contributed by atoms with Crippen LogP contribution in [-0.2, 0) is 15.0 Å². The Morgan fingerprint density at radius 2 is 1.08 bits per heavy atom. The van der Waals surface area contributed by atoms with Gasteiger partial charge in [-0.15, -0.1) is 0 Å². The van der Waals surface area contributed by atoms with Crippen LogP contribution in [0.4, 0.5) is 0 Å². The molecule has 74 valence electrons. The largest absolute Gasteiger partial charge is 1.00 e. The first-order valence-electron chi connectivity index (χ1n) is 1.48. The Balaban J connectivity index is -0.0000000267. The Hall–Kier alpha value is 1.58. The van der Waals surface area contributed by atoms with E-state index in [-0.39, 0.29) is 59.0 Å². The molecule has 0 aliphatic rings. The zero-order valence-corrected chi connectivity index (χ0v) is 10.9. The van der Waals surface area contributed by atoms with Crippen molar-refractivity contribution in [1.29, 1.82) is 0 Å². The molecule has 0 aromatic heterocycles. The van der Waals surface area contributed by atoms with E-state index >= 15 is 0 Å². The van der Waals surface area contributed by atoms with Crippen LogP contribution in [0.25, 0.3) is 0 Å². The summed E-state index contributed by atoms with van der Waals surface area (Å²) in [6.07, 6.45) is 0. The molecule has 0 saturated heterocycles. The molecule has 0 saturated carbocycles. The van der Waals surface area contributed by atoms with Crippen molar-refractivity contribution < 1.29 is 89.6 Å². The molecule has 0 radical (unpaired) electrons. The van der Waals surface area contributed by atoms with Crippen LogP contribution in [0.5, 0.6) is 0 Å². The number of hydrogen-bond donors (Lipinski definition) is 6. The van der Waals surface area contributed by atoms with Gasteiger partial charge in [0.1, 0.15) is 0 Å². The Morgan fingerprint density at radius 3 is 1.08 bits per heavy atom. The van der Waals surface area contributed by atoms with Gasteiger partial charge in [0.15, 0.2) is 0 Å². The molecule has 9 nitrogen and oxygen atoms in total. The van der Waals surface area contributed by atoms with E-state index < -0.39 is 18.2 Å². The summed E-state index contributed by atoms with van der Waals surface area (Å²) in [6.45, 7) is 0. The molecule has 0 atom stereocenters. The summed E-state index contributed by atoms with van der Waals surface area (Å²) in [5.41, 5.74) is 0. The van der Waals surface area contributed by atoms with Crippen LogP contribution in [0.2, 0.25) is 0 Å². The van der Waals surface area contributed by atoms with E-state index in [2.05, 4.69) is 0 Å². The van der Waals surface area contributed by atoms with E-state index in [1.807, 2.05) is 0 Å². The van der Waals surface area contributed by atoms with Crippen LogP contribution in [0.1, 0.15) is 1.43 Å². The summed E-state index contributed by atoms with van der Waals surface area (Å²) in [7, 11) is -9.31. The van der Waals surface area contributed by atoms with E-state index in [1.165, 1.54) is 0 Å². The third kappa shape index (κ3) is 521. The predicted octanol–water partition coefficient (Wildman–Crippen LogP) is -4.30. The second-order valence-electron chi connectivity index (χ2n) is 0.961. The molecule has 8 N–H and O–H groups in total. The molecule has 0 aromatic carbocycles. The maximum atomic E-state index is 8.88. The molecule has 0 amide bonds. The van der Waals surface area contributed by atoms with Crippen molar-refractivity contribution in [1.82, 2.24) is 6.15 Å². The first-order chi connectivity index (χ1) is 4.00. The van der Waals surface area contributed by atoms with Gasteiger partial charge in [-0.25, -0.2) is 4.57 Å². The van der Waals surface area contributed by atoms with Gasteiger partial charge in [0.2, 0.25) is 0 Å². The smallest absolute Gasteiger partial charge is 1.00 e. The predicted molar refractivity (Wildman–Crippen MR) is 34.6 cm³/mol. The van der Waals surface area contributed by atoms with Gasteiger partial charge in [-0.1, -0.05) is 0 Å². The van der Waals surface area contributed by atoms with E-state index in [9.17, 15) is 0 Å². The van der Waals surface area contributed by atoms with Crippen molar-refractivity contribution in [2.24, 2.45) is 0 Å². The molecule has 0 bridgehead atoms. The van der Waals surface area contributed by atoms with Crippen molar-refractivity contribution >= 4 is 18.2 Å². The zero-order chi connectivity index (χ0) is 9.00. The van der Waals surface area contributed by atoms with Crippen molar-refractivity contribution in [3.8, 4) is 0 Å². The average molecular weight is 253 g/mol. The summed E-state index contributed by atoms with van der Waals surface area (Å²) in [6, 6.07) is 0. The second-order valence-corrected chi connectivity index (χ2v) is 2.88. The van der Waals surface area contributed by atoms with E-state index in [0.717, 1.165) is 0 Å². The minimum Gasteiger partial charge on any atom is -1.00 e. The summed E-state index contributed by atoms with van der Waals surface area (Å²) in [4.78, 5) is 21.6. The molecule has 0 spiro atoms. The molecular formula is H9KNO8PS. The normalized spacial score (nSPS) is 9.75. The van der Waals surface area contributed by atoms with Gasteiger partial charge < -0.3 is 22.3 Å². The Bertz CT molecular complexity index is 202. The van der Waals surface area contributed by atoms with Crippen LogP contribution in [-0.4, -0.2) is 32.2 Å². The van der Waals surface area contributed by atoms with Gasteiger partial charge in [0.25, 0.3) is 0 Å². The number of rotatable bonds is 0. The molecule has 12 heteroatoms. The van der Waals surface area contributed by atoms with Crippen LogP contribution >= 0.6 is 7.82 Å². The van der Waals surface area contributed by atoms with Gasteiger partial charge in [-0.3, -0.25) is 9.11 Å². The zero-order valence-electron chi connectivity index (χ0n) is 7.02. The molecule has 0 heterocycles. The fourth-order valence-corrected chi connectivity index (χ4v) is 0. The van der Waals surface area contributed by atoms with Gasteiger partial charge in [0, 0.05) is 0 Å². The standard InChI is InChI=1S/K.H3N.H3O4P.H2O4S.H/c;;2*1-5(2,3)4;/h;1H3;(H3,1,2,3,4);(H2,1,2,3,4);/q+1;;;;-1. The van der Waals surface area contributed by atoms with Gasteiger partial charge in [-0.05, 0) is 0 Å². The third-order valence-electron chi connectivity index (χ3n) is 0. The summed E-state index contributed by atoms with van der Waals surface area (Å²) in [5.74, 6) is 0. The number of hydrogen-bond acceptors (Lipinski definition) is 4. The molecule has 0 unspecified atom stereocenters. The number of phosphoric acid groups is 1. The molecule has 12 heavy (non-hydrogen) atoms. The molecule has 0 aliphatic carbocycles. The first-order valence-corrected chi connectivity index (χ1v) is 4.44. The fourth-order valence-electron chi connectivity index (χ4n) is 0. The van der Waals surface area contributed by atoms with Crippen LogP contribution < -0.4 is 57.5 Å². The average Bonchev–Trinajstić information content (AvgIpc) is 1.12.